The quantitative estimate of drug-likeness (QED) is 0.917. The van der Waals surface area contributed by atoms with Crippen LogP contribution in [0.3, 0.4) is 0 Å². The Labute approximate surface area is 140 Å². The van der Waals surface area contributed by atoms with Gasteiger partial charge in [0, 0.05) is 36.8 Å². The van der Waals surface area contributed by atoms with Crippen molar-refractivity contribution in [2.75, 3.05) is 13.1 Å². The Morgan fingerprint density at radius 3 is 2.92 bits per heavy atom. The van der Waals surface area contributed by atoms with E-state index in [9.17, 15) is 4.79 Å². The molecule has 5 rings (SSSR count). The van der Waals surface area contributed by atoms with Crippen molar-refractivity contribution in [2.24, 2.45) is 0 Å². The van der Waals surface area contributed by atoms with E-state index in [2.05, 4.69) is 15.5 Å². The summed E-state index contributed by atoms with van der Waals surface area (Å²) in [6.45, 7) is 3.50. The van der Waals surface area contributed by atoms with Crippen molar-refractivity contribution in [2.45, 2.75) is 57.0 Å². The second-order valence-electron chi connectivity index (χ2n) is 7.49. The number of amides is 1. The van der Waals surface area contributed by atoms with Crippen LogP contribution in [-0.4, -0.2) is 46.1 Å². The largest absolute Gasteiger partial charge is 0.337 e. The maximum absolute atomic E-state index is 13.3. The molecule has 2 atom stereocenters. The minimum atomic E-state index is 0.102. The zero-order valence-corrected chi connectivity index (χ0v) is 13.9. The van der Waals surface area contributed by atoms with E-state index in [1.54, 1.807) is 0 Å². The number of fused-ring (bicyclic) bond motifs is 3. The number of nitrogens with zero attached hydrogens (tertiary/aromatic N) is 3. The highest BCUT2D eigenvalue weighted by Crippen LogP contribution is 2.40. The maximum Gasteiger partial charge on any atom is 0.259 e. The van der Waals surface area contributed by atoms with Crippen LogP contribution in [0.25, 0.3) is 11.1 Å². The van der Waals surface area contributed by atoms with Crippen molar-refractivity contribution in [1.82, 2.24) is 20.4 Å². The lowest BCUT2D eigenvalue weighted by Crippen LogP contribution is -2.39. The zero-order chi connectivity index (χ0) is 16.3. The molecule has 2 unspecified atom stereocenters. The summed E-state index contributed by atoms with van der Waals surface area (Å²) in [4.78, 5) is 19.9. The summed E-state index contributed by atoms with van der Waals surface area (Å²) in [7, 11) is 0. The number of carbonyl (C=O) groups excluding carboxylic acids is 1. The van der Waals surface area contributed by atoms with Crippen LogP contribution < -0.4 is 5.32 Å². The number of aromatic nitrogens is 2. The van der Waals surface area contributed by atoms with E-state index in [4.69, 9.17) is 4.52 Å². The molecule has 2 aliphatic heterocycles. The molecule has 2 bridgehead atoms. The van der Waals surface area contributed by atoms with Gasteiger partial charge in [-0.05, 0) is 45.1 Å². The summed E-state index contributed by atoms with van der Waals surface area (Å²) in [6, 6.07) is 3.00. The Kier molecular flexibility index (Phi) is 3.16. The number of hydrogen-bond acceptors (Lipinski definition) is 5. The molecule has 6 nitrogen and oxygen atoms in total. The number of hydrogen-bond donors (Lipinski definition) is 1. The van der Waals surface area contributed by atoms with Gasteiger partial charge in [0.15, 0.2) is 0 Å². The van der Waals surface area contributed by atoms with Crippen molar-refractivity contribution >= 4 is 17.0 Å². The lowest BCUT2D eigenvalue weighted by Gasteiger charge is -2.24. The second-order valence-corrected chi connectivity index (χ2v) is 7.49. The van der Waals surface area contributed by atoms with Crippen molar-refractivity contribution in [3.05, 3.63) is 23.0 Å². The Balaban J connectivity index is 1.54. The van der Waals surface area contributed by atoms with Crippen LogP contribution >= 0.6 is 0 Å². The Hall–Kier alpha value is -1.95. The van der Waals surface area contributed by atoms with Gasteiger partial charge in [0.1, 0.15) is 0 Å². The molecule has 4 heterocycles. The summed E-state index contributed by atoms with van der Waals surface area (Å²) in [5.41, 5.74) is 2.96. The maximum atomic E-state index is 13.3. The van der Waals surface area contributed by atoms with Crippen LogP contribution in [0.2, 0.25) is 0 Å². The standard InChI is InChI=1S/C18H22N4O2/c1-10-16-14(8-15(11-2-3-11)20-17(16)24-21-10)18(23)22-7-6-12-4-5-13(9-22)19-12/h8,11-13,19H,2-7,9H2,1H3. The fourth-order valence-corrected chi connectivity index (χ4v) is 4.17. The van der Waals surface area contributed by atoms with E-state index >= 15 is 0 Å². The molecule has 1 N–H and O–H groups in total. The van der Waals surface area contributed by atoms with Gasteiger partial charge in [-0.1, -0.05) is 5.16 Å². The van der Waals surface area contributed by atoms with E-state index in [1.807, 2.05) is 17.9 Å². The van der Waals surface area contributed by atoms with Gasteiger partial charge in [-0.2, -0.15) is 0 Å². The van der Waals surface area contributed by atoms with E-state index in [1.165, 1.54) is 12.8 Å². The van der Waals surface area contributed by atoms with Crippen LogP contribution in [0.4, 0.5) is 0 Å². The third-order valence-electron chi connectivity index (χ3n) is 5.67. The van der Waals surface area contributed by atoms with Crippen LogP contribution in [0, 0.1) is 6.92 Å². The molecule has 6 heteroatoms. The Morgan fingerprint density at radius 2 is 2.08 bits per heavy atom. The smallest absolute Gasteiger partial charge is 0.259 e. The third-order valence-corrected chi connectivity index (χ3v) is 5.67. The highest BCUT2D eigenvalue weighted by atomic mass is 16.5. The molecule has 0 spiro atoms. The summed E-state index contributed by atoms with van der Waals surface area (Å²) in [5.74, 6) is 0.582. The minimum absolute atomic E-state index is 0.102. The van der Waals surface area contributed by atoms with Gasteiger partial charge in [-0.25, -0.2) is 4.98 Å². The summed E-state index contributed by atoms with van der Waals surface area (Å²) >= 11 is 0. The predicted octanol–water partition coefficient (Wildman–Crippen LogP) is 2.38. The Bertz CT molecular complexity index is 811. The van der Waals surface area contributed by atoms with Gasteiger partial charge >= 0.3 is 0 Å². The van der Waals surface area contributed by atoms with Crippen molar-refractivity contribution in [3.63, 3.8) is 0 Å². The first kappa shape index (κ1) is 14.4. The third kappa shape index (κ3) is 2.32. The molecule has 126 valence electrons. The van der Waals surface area contributed by atoms with Crippen molar-refractivity contribution in [3.8, 4) is 0 Å². The normalized spacial score (nSPS) is 26.8. The van der Waals surface area contributed by atoms with Gasteiger partial charge in [0.05, 0.1) is 16.6 Å². The summed E-state index contributed by atoms with van der Waals surface area (Å²) < 4.78 is 5.38. The first-order chi connectivity index (χ1) is 11.7. The number of nitrogens with one attached hydrogen (secondary N) is 1. The molecule has 2 aromatic rings. The number of rotatable bonds is 2. The highest BCUT2D eigenvalue weighted by Gasteiger charge is 2.34. The van der Waals surface area contributed by atoms with E-state index in [-0.39, 0.29) is 5.91 Å². The van der Waals surface area contributed by atoms with Gasteiger partial charge in [-0.3, -0.25) is 4.79 Å². The molecule has 2 aromatic heterocycles. The molecule has 2 saturated heterocycles. The first-order valence-corrected chi connectivity index (χ1v) is 9.01. The number of carbonyl (C=O) groups is 1. The van der Waals surface area contributed by atoms with Crippen LogP contribution in [-0.2, 0) is 0 Å². The number of aryl methyl sites for hydroxylation is 1. The molecule has 1 amide bonds. The number of pyridine rings is 1. The number of likely N-dealkylation sites (tertiary alicyclic amines) is 1. The van der Waals surface area contributed by atoms with Gasteiger partial charge in [0.2, 0.25) is 0 Å². The van der Waals surface area contributed by atoms with Gasteiger partial charge in [-0.15, -0.1) is 0 Å². The van der Waals surface area contributed by atoms with E-state index < -0.39 is 0 Å². The fraction of sp³-hybridized carbons (Fsp3) is 0.611. The summed E-state index contributed by atoms with van der Waals surface area (Å²) in [6.07, 6.45) is 5.74. The van der Waals surface area contributed by atoms with Crippen LogP contribution in [0.1, 0.15) is 59.8 Å². The lowest BCUT2D eigenvalue weighted by molar-refractivity contribution is 0.0750. The average Bonchev–Trinajstić information content (AvgIpc) is 3.27. The topological polar surface area (TPSA) is 71.3 Å². The monoisotopic (exact) mass is 326 g/mol. The zero-order valence-electron chi connectivity index (χ0n) is 13.9. The Morgan fingerprint density at radius 1 is 1.25 bits per heavy atom. The lowest BCUT2D eigenvalue weighted by atomic mass is 10.0. The summed E-state index contributed by atoms with van der Waals surface area (Å²) in [5, 5.41) is 8.46. The first-order valence-electron chi connectivity index (χ1n) is 9.01. The fourth-order valence-electron chi connectivity index (χ4n) is 4.17. The predicted molar refractivity (Wildman–Crippen MR) is 89.0 cm³/mol. The molecule has 0 radical (unpaired) electrons. The molecule has 3 fully saturated rings. The van der Waals surface area contributed by atoms with Crippen molar-refractivity contribution < 1.29 is 9.32 Å². The van der Waals surface area contributed by atoms with E-state index in [0.29, 0.717) is 23.7 Å². The highest BCUT2D eigenvalue weighted by molar-refractivity contribution is 6.06. The van der Waals surface area contributed by atoms with Crippen LogP contribution in [0.5, 0.6) is 0 Å². The molecule has 3 aliphatic rings. The molecular weight excluding hydrogens is 304 g/mol. The van der Waals surface area contributed by atoms with Crippen molar-refractivity contribution in [1.29, 1.82) is 0 Å². The molecule has 1 saturated carbocycles. The van der Waals surface area contributed by atoms with E-state index in [0.717, 1.165) is 54.7 Å². The van der Waals surface area contributed by atoms with Crippen LogP contribution in [0.15, 0.2) is 10.6 Å². The molecule has 0 aromatic carbocycles. The minimum Gasteiger partial charge on any atom is -0.337 e. The average molecular weight is 326 g/mol. The molecule has 24 heavy (non-hydrogen) atoms. The van der Waals surface area contributed by atoms with Gasteiger partial charge in [0.25, 0.3) is 11.6 Å². The molecular formula is C18H22N4O2. The SMILES string of the molecule is Cc1noc2nc(C3CC3)cc(C(=O)N3CCC4CCC(C3)N4)c12. The second kappa shape index (κ2) is 5.28. The van der Waals surface area contributed by atoms with Gasteiger partial charge < -0.3 is 14.7 Å². The molecule has 1 aliphatic carbocycles.